The van der Waals surface area contributed by atoms with Crippen molar-refractivity contribution in [2.75, 3.05) is 26.0 Å². The van der Waals surface area contributed by atoms with Crippen LogP contribution in [0, 0.1) is 0 Å². The Morgan fingerprint density at radius 3 is 2.58 bits per heavy atom. The van der Waals surface area contributed by atoms with Crippen LogP contribution in [-0.4, -0.2) is 42.6 Å². The molecule has 0 saturated carbocycles. The molecular formula is C20H23N3O2S. The highest BCUT2D eigenvalue weighted by atomic mass is 32.2. The molecule has 0 fully saturated rings. The smallest absolute Gasteiger partial charge is 0.238 e. The molecule has 2 amide bonds. The van der Waals surface area contributed by atoms with Crippen molar-refractivity contribution in [2.45, 2.75) is 22.6 Å². The highest BCUT2D eigenvalue weighted by Crippen LogP contribution is 2.36. The largest absolute Gasteiger partial charge is 0.354 e. The number of hydrogen-bond donors (Lipinski definition) is 2. The number of thioether (sulfide) groups is 1. The molecule has 1 aliphatic heterocycles. The number of para-hydroxylation sites is 1. The molecule has 2 aromatic carbocycles. The number of nitrogens with zero attached hydrogens (tertiary/aromatic N) is 1. The molecule has 5 nitrogen and oxygen atoms in total. The highest BCUT2D eigenvalue weighted by molar-refractivity contribution is 8.01. The summed E-state index contributed by atoms with van der Waals surface area (Å²) in [5, 5.41) is 5.45. The predicted octanol–water partition coefficient (Wildman–Crippen LogP) is 2.91. The van der Waals surface area contributed by atoms with Gasteiger partial charge in [-0.3, -0.25) is 9.59 Å². The molecule has 136 valence electrons. The number of carbonyl (C=O) groups is 2. The van der Waals surface area contributed by atoms with Crippen LogP contribution in [0.2, 0.25) is 0 Å². The van der Waals surface area contributed by atoms with E-state index >= 15 is 0 Å². The number of carbonyl (C=O) groups excluding carboxylic acids is 2. The number of benzene rings is 2. The first-order valence-corrected chi connectivity index (χ1v) is 9.47. The lowest BCUT2D eigenvalue weighted by molar-refractivity contribution is -0.124. The summed E-state index contributed by atoms with van der Waals surface area (Å²) in [6.45, 7) is 0.505. The van der Waals surface area contributed by atoms with Crippen molar-refractivity contribution in [3.63, 3.8) is 0 Å². The molecule has 0 aromatic heterocycles. The number of likely N-dealkylation sites (N-methyl/N-ethyl adjacent to an activating group) is 1. The summed E-state index contributed by atoms with van der Waals surface area (Å²) in [6.07, 6.45) is 0.166. The van der Waals surface area contributed by atoms with E-state index < -0.39 is 5.25 Å². The monoisotopic (exact) mass is 369 g/mol. The molecule has 2 N–H and O–H groups in total. The van der Waals surface area contributed by atoms with E-state index in [1.807, 2.05) is 56.6 Å². The Morgan fingerprint density at radius 2 is 1.85 bits per heavy atom. The van der Waals surface area contributed by atoms with Gasteiger partial charge in [0.05, 0.1) is 17.0 Å². The first kappa shape index (κ1) is 18.5. The fourth-order valence-electron chi connectivity index (χ4n) is 2.95. The van der Waals surface area contributed by atoms with Crippen LogP contribution in [0.4, 0.5) is 5.69 Å². The van der Waals surface area contributed by atoms with E-state index in [1.165, 1.54) is 11.8 Å². The second-order valence-electron chi connectivity index (χ2n) is 6.49. The lowest BCUT2D eigenvalue weighted by atomic mass is 10.1. The molecule has 0 spiro atoms. The summed E-state index contributed by atoms with van der Waals surface area (Å²) in [5.74, 6) is -0.226. The zero-order valence-electron chi connectivity index (χ0n) is 14.9. The summed E-state index contributed by atoms with van der Waals surface area (Å²) < 4.78 is 0. The number of amides is 2. The van der Waals surface area contributed by atoms with Crippen LogP contribution in [0.25, 0.3) is 0 Å². The third-order valence-electron chi connectivity index (χ3n) is 4.38. The summed E-state index contributed by atoms with van der Waals surface area (Å²) in [4.78, 5) is 27.7. The van der Waals surface area contributed by atoms with E-state index in [1.54, 1.807) is 0 Å². The summed E-state index contributed by atoms with van der Waals surface area (Å²) in [6, 6.07) is 17.8. The fourth-order valence-corrected chi connectivity index (χ4v) is 4.06. The van der Waals surface area contributed by atoms with E-state index in [2.05, 4.69) is 27.7 Å². The first-order valence-electron chi connectivity index (χ1n) is 8.59. The van der Waals surface area contributed by atoms with Gasteiger partial charge in [0.1, 0.15) is 0 Å². The maximum absolute atomic E-state index is 12.4. The van der Waals surface area contributed by atoms with E-state index in [4.69, 9.17) is 0 Å². The summed E-state index contributed by atoms with van der Waals surface area (Å²) in [7, 11) is 3.98. The third-order valence-corrected chi connectivity index (χ3v) is 5.65. The number of nitrogens with one attached hydrogen (secondary N) is 2. The maximum Gasteiger partial charge on any atom is 0.238 e. The van der Waals surface area contributed by atoms with E-state index in [-0.39, 0.29) is 24.3 Å². The van der Waals surface area contributed by atoms with Crippen LogP contribution in [-0.2, 0) is 9.59 Å². The Labute approximate surface area is 158 Å². The number of hydrogen-bond acceptors (Lipinski definition) is 4. The Kier molecular flexibility index (Phi) is 5.96. The van der Waals surface area contributed by atoms with Gasteiger partial charge in [0.2, 0.25) is 11.8 Å². The topological polar surface area (TPSA) is 61.4 Å². The minimum Gasteiger partial charge on any atom is -0.354 e. The fraction of sp³-hybridized carbons (Fsp3) is 0.300. The molecule has 1 heterocycles. The molecule has 0 radical (unpaired) electrons. The molecule has 26 heavy (non-hydrogen) atoms. The second kappa shape index (κ2) is 8.38. The molecular weight excluding hydrogens is 346 g/mol. The molecule has 2 unspecified atom stereocenters. The highest BCUT2D eigenvalue weighted by Gasteiger charge is 2.29. The van der Waals surface area contributed by atoms with Crippen molar-refractivity contribution in [3.8, 4) is 0 Å². The number of rotatable bonds is 6. The molecule has 3 rings (SSSR count). The molecule has 6 heteroatoms. The molecule has 0 saturated heterocycles. The zero-order chi connectivity index (χ0) is 18.5. The van der Waals surface area contributed by atoms with Crippen molar-refractivity contribution in [1.82, 2.24) is 10.2 Å². The average molecular weight is 369 g/mol. The van der Waals surface area contributed by atoms with Crippen molar-refractivity contribution < 1.29 is 9.59 Å². The SMILES string of the molecule is CN(C)C(CNC(=O)CC1Sc2ccccc2NC1=O)c1ccccc1. The molecule has 2 aromatic rings. The lowest BCUT2D eigenvalue weighted by Gasteiger charge is -2.26. The Hall–Kier alpha value is -2.31. The average Bonchev–Trinajstić information content (AvgIpc) is 2.63. The lowest BCUT2D eigenvalue weighted by Crippen LogP contribution is -2.38. The second-order valence-corrected chi connectivity index (χ2v) is 7.73. The number of anilines is 1. The maximum atomic E-state index is 12.4. The van der Waals surface area contributed by atoms with E-state index in [0.717, 1.165) is 16.1 Å². The third kappa shape index (κ3) is 4.45. The molecule has 0 bridgehead atoms. The van der Waals surface area contributed by atoms with Gasteiger partial charge in [0, 0.05) is 17.9 Å². The van der Waals surface area contributed by atoms with Crippen LogP contribution >= 0.6 is 11.8 Å². The van der Waals surface area contributed by atoms with Crippen LogP contribution in [0.5, 0.6) is 0 Å². The minimum atomic E-state index is -0.403. The van der Waals surface area contributed by atoms with Gasteiger partial charge in [0.15, 0.2) is 0 Å². The van der Waals surface area contributed by atoms with Gasteiger partial charge in [-0.2, -0.15) is 0 Å². The van der Waals surface area contributed by atoms with Crippen molar-refractivity contribution in [3.05, 3.63) is 60.2 Å². The predicted molar refractivity (Wildman–Crippen MR) is 105 cm³/mol. The van der Waals surface area contributed by atoms with Crippen LogP contribution in [0.15, 0.2) is 59.5 Å². The van der Waals surface area contributed by atoms with E-state index in [0.29, 0.717) is 6.54 Å². The standard InChI is InChI=1S/C20H23N3O2S/c1-23(2)16(14-8-4-3-5-9-14)13-21-19(24)12-18-20(25)22-15-10-6-7-11-17(15)26-18/h3-11,16,18H,12-13H2,1-2H3,(H,21,24)(H,22,25). The Balaban J connectivity index is 1.58. The Bertz CT molecular complexity index is 780. The van der Waals surface area contributed by atoms with E-state index in [9.17, 15) is 9.59 Å². The minimum absolute atomic E-state index is 0.0914. The summed E-state index contributed by atoms with van der Waals surface area (Å²) >= 11 is 1.45. The Morgan fingerprint density at radius 1 is 1.15 bits per heavy atom. The van der Waals surface area contributed by atoms with Gasteiger partial charge in [-0.25, -0.2) is 0 Å². The van der Waals surface area contributed by atoms with Crippen molar-refractivity contribution >= 4 is 29.3 Å². The van der Waals surface area contributed by atoms with Gasteiger partial charge in [-0.15, -0.1) is 11.8 Å². The van der Waals surface area contributed by atoms with Crippen molar-refractivity contribution in [1.29, 1.82) is 0 Å². The van der Waals surface area contributed by atoms with Crippen molar-refractivity contribution in [2.24, 2.45) is 0 Å². The zero-order valence-corrected chi connectivity index (χ0v) is 15.8. The van der Waals surface area contributed by atoms with Gasteiger partial charge in [0.25, 0.3) is 0 Å². The summed E-state index contributed by atoms with van der Waals surface area (Å²) in [5.41, 5.74) is 1.97. The molecule has 2 atom stereocenters. The number of fused-ring (bicyclic) bond motifs is 1. The quantitative estimate of drug-likeness (QED) is 0.822. The normalized spacial score (nSPS) is 17.3. The van der Waals surface area contributed by atoms with Crippen LogP contribution in [0.1, 0.15) is 18.0 Å². The molecule has 1 aliphatic rings. The van der Waals surface area contributed by atoms with Gasteiger partial charge < -0.3 is 15.5 Å². The van der Waals surface area contributed by atoms with Gasteiger partial charge >= 0.3 is 0 Å². The van der Waals surface area contributed by atoms with Crippen LogP contribution in [0.3, 0.4) is 0 Å². The van der Waals surface area contributed by atoms with Gasteiger partial charge in [-0.05, 0) is 31.8 Å². The van der Waals surface area contributed by atoms with Gasteiger partial charge in [-0.1, -0.05) is 42.5 Å². The first-order chi connectivity index (χ1) is 12.5. The van der Waals surface area contributed by atoms with Crippen LogP contribution < -0.4 is 10.6 Å². The molecule has 0 aliphatic carbocycles.